The van der Waals surface area contributed by atoms with Crippen molar-refractivity contribution in [3.63, 3.8) is 0 Å². The van der Waals surface area contributed by atoms with Crippen LogP contribution in [0.4, 0.5) is 0 Å². The van der Waals surface area contributed by atoms with E-state index in [-0.39, 0.29) is 5.97 Å². The molecule has 0 aliphatic heterocycles. The minimum absolute atomic E-state index is 0.174. The van der Waals surface area contributed by atoms with Crippen molar-refractivity contribution in [3.8, 4) is 5.75 Å². The Hall–Kier alpha value is -2.40. The highest BCUT2D eigenvalue weighted by Gasteiger charge is 2.07. The fraction of sp³-hybridized carbons (Fsp3) is 0.263. The number of fused-ring (bicyclic) bond motifs is 1. The van der Waals surface area contributed by atoms with Crippen LogP contribution in [0.5, 0.6) is 5.75 Å². The molecule has 0 saturated heterocycles. The van der Waals surface area contributed by atoms with Gasteiger partial charge in [0.1, 0.15) is 5.75 Å². The first-order valence-electron chi connectivity index (χ1n) is 7.87. The molecule has 2 aromatic carbocycles. The van der Waals surface area contributed by atoms with Crippen LogP contribution in [0.15, 0.2) is 48.5 Å². The van der Waals surface area contributed by atoms with Crippen LogP contribution < -0.4 is 4.74 Å². The number of rotatable bonds is 7. The van der Waals surface area contributed by atoms with Crippen molar-refractivity contribution in [2.24, 2.45) is 0 Å². The van der Waals surface area contributed by atoms with E-state index in [2.05, 4.69) is 11.1 Å². The number of benzene rings is 2. The van der Waals surface area contributed by atoms with E-state index in [1.807, 2.05) is 42.5 Å². The van der Waals surface area contributed by atoms with Crippen LogP contribution >= 0.6 is 11.3 Å². The summed E-state index contributed by atoms with van der Waals surface area (Å²) in [7, 11) is 1.64. The Labute approximate surface area is 145 Å². The number of para-hydroxylation sites is 1. The van der Waals surface area contributed by atoms with Gasteiger partial charge in [-0.25, -0.2) is 4.98 Å². The number of hydrogen-bond donors (Lipinski definition) is 0. The molecule has 0 atom stereocenters. The number of ether oxygens (including phenoxy) is 2. The highest BCUT2D eigenvalue weighted by molar-refractivity contribution is 7.18. The lowest BCUT2D eigenvalue weighted by Gasteiger charge is -2.05. The van der Waals surface area contributed by atoms with Crippen molar-refractivity contribution < 1.29 is 14.3 Å². The molecule has 0 aliphatic carbocycles. The number of hydrogen-bond acceptors (Lipinski definition) is 5. The number of thiazole rings is 1. The van der Waals surface area contributed by atoms with E-state index in [1.165, 1.54) is 4.70 Å². The van der Waals surface area contributed by atoms with Crippen molar-refractivity contribution in [2.45, 2.75) is 19.3 Å². The Morgan fingerprint density at radius 2 is 1.88 bits per heavy atom. The Morgan fingerprint density at radius 3 is 2.62 bits per heavy atom. The summed E-state index contributed by atoms with van der Waals surface area (Å²) in [4.78, 5) is 16.4. The summed E-state index contributed by atoms with van der Waals surface area (Å²) in [5.41, 5.74) is 2.10. The van der Waals surface area contributed by atoms with Crippen LogP contribution in [0.25, 0.3) is 10.2 Å². The van der Waals surface area contributed by atoms with Crippen LogP contribution in [0.3, 0.4) is 0 Å². The largest absolute Gasteiger partial charge is 0.497 e. The van der Waals surface area contributed by atoms with Crippen molar-refractivity contribution >= 4 is 27.5 Å². The van der Waals surface area contributed by atoms with Crippen LogP contribution in [-0.4, -0.2) is 24.7 Å². The lowest BCUT2D eigenvalue weighted by Crippen LogP contribution is -2.08. The zero-order valence-electron chi connectivity index (χ0n) is 13.5. The number of aromatic nitrogens is 1. The molecule has 24 heavy (non-hydrogen) atoms. The normalized spacial score (nSPS) is 10.7. The molecule has 1 heterocycles. The summed E-state index contributed by atoms with van der Waals surface area (Å²) >= 11 is 1.65. The van der Waals surface area contributed by atoms with E-state index >= 15 is 0 Å². The molecule has 0 bridgehead atoms. The number of esters is 1. The Balaban J connectivity index is 1.41. The maximum Gasteiger partial charge on any atom is 0.306 e. The summed E-state index contributed by atoms with van der Waals surface area (Å²) < 4.78 is 11.6. The van der Waals surface area contributed by atoms with Gasteiger partial charge in [-0.05, 0) is 36.2 Å². The van der Waals surface area contributed by atoms with Gasteiger partial charge >= 0.3 is 5.97 Å². The topological polar surface area (TPSA) is 48.4 Å². The van der Waals surface area contributed by atoms with Crippen LogP contribution in [0.2, 0.25) is 0 Å². The zero-order valence-corrected chi connectivity index (χ0v) is 14.3. The molecular weight excluding hydrogens is 322 g/mol. The molecule has 5 heteroatoms. The number of methoxy groups -OCH3 is 1. The minimum atomic E-state index is -0.174. The maximum absolute atomic E-state index is 11.8. The third-order valence-corrected chi connectivity index (χ3v) is 4.79. The number of nitrogens with zero attached hydrogens (tertiary/aromatic N) is 1. The number of carbonyl (C=O) groups is 1. The van der Waals surface area contributed by atoms with Crippen LogP contribution in [0, 0.1) is 0 Å². The van der Waals surface area contributed by atoms with Gasteiger partial charge in [-0.1, -0.05) is 24.3 Å². The lowest BCUT2D eigenvalue weighted by atomic mass is 10.1. The second-order valence-electron chi connectivity index (χ2n) is 5.39. The second kappa shape index (κ2) is 7.93. The van der Waals surface area contributed by atoms with Crippen molar-refractivity contribution in [2.75, 3.05) is 13.7 Å². The third kappa shape index (κ3) is 4.32. The van der Waals surface area contributed by atoms with E-state index in [0.717, 1.165) is 21.8 Å². The molecule has 3 rings (SSSR count). The number of carbonyl (C=O) groups excluding carboxylic acids is 1. The summed E-state index contributed by atoms with van der Waals surface area (Å²) in [6.45, 7) is 0.376. The Kier molecular flexibility index (Phi) is 5.43. The molecule has 0 aliphatic rings. The van der Waals surface area contributed by atoms with Gasteiger partial charge in [0.15, 0.2) is 0 Å². The van der Waals surface area contributed by atoms with Crippen molar-refractivity contribution in [1.29, 1.82) is 0 Å². The highest BCUT2D eigenvalue weighted by Crippen LogP contribution is 2.21. The van der Waals surface area contributed by atoms with E-state index in [0.29, 0.717) is 25.9 Å². The standard InChI is InChI=1S/C19H19NO3S/c1-22-15-9-6-14(7-10-15)8-11-19(21)23-13-12-18-20-16-4-2-3-5-17(16)24-18/h2-7,9-10H,8,11-13H2,1H3. The Bertz CT molecular complexity index is 778. The van der Waals surface area contributed by atoms with Crippen molar-refractivity contribution in [1.82, 2.24) is 4.98 Å². The summed E-state index contributed by atoms with van der Waals surface area (Å²) in [5, 5.41) is 0.999. The lowest BCUT2D eigenvalue weighted by molar-refractivity contribution is -0.143. The van der Waals surface area contributed by atoms with Gasteiger partial charge in [0, 0.05) is 12.8 Å². The zero-order chi connectivity index (χ0) is 16.8. The van der Waals surface area contributed by atoms with E-state index in [9.17, 15) is 4.79 Å². The quantitative estimate of drug-likeness (QED) is 0.609. The predicted molar refractivity (Wildman–Crippen MR) is 95.6 cm³/mol. The SMILES string of the molecule is COc1ccc(CCC(=O)OCCc2nc3ccccc3s2)cc1. The molecule has 0 N–H and O–H groups in total. The van der Waals surface area contributed by atoms with Crippen LogP contribution in [0.1, 0.15) is 17.0 Å². The molecule has 0 spiro atoms. The van der Waals surface area contributed by atoms with Gasteiger partial charge in [0.2, 0.25) is 0 Å². The first-order chi connectivity index (χ1) is 11.7. The predicted octanol–water partition coefficient (Wildman–Crippen LogP) is 4.02. The first-order valence-corrected chi connectivity index (χ1v) is 8.69. The first kappa shape index (κ1) is 16.5. The second-order valence-corrected chi connectivity index (χ2v) is 6.51. The summed E-state index contributed by atoms with van der Waals surface area (Å²) in [6.07, 6.45) is 1.71. The van der Waals surface area contributed by atoms with Gasteiger partial charge < -0.3 is 9.47 Å². The average Bonchev–Trinajstić information content (AvgIpc) is 3.03. The molecule has 1 aromatic heterocycles. The fourth-order valence-corrected chi connectivity index (χ4v) is 3.34. The molecule has 0 unspecified atom stereocenters. The summed E-state index contributed by atoms with van der Waals surface area (Å²) in [5.74, 6) is 0.643. The molecule has 4 nitrogen and oxygen atoms in total. The molecule has 0 saturated carbocycles. The van der Waals surface area contributed by atoms with E-state index in [4.69, 9.17) is 9.47 Å². The average molecular weight is 341 g/mol. The fourth-order valence-electron chi connectivity index (χ4n) is 2.39. The van der Waals surface area contributed by atoms with Crippen LogP contribution in [-0.2, 0) is 22.4 Å². The smallest absolute Gasteiger partial charge is 0.306 e. The maximum atomic E-state index is 11.8. The molecule has 0 radical (unpaired) electrons. The highest BCUT2D eigenvalue weighted by atomic mass is 32.1. The van der Waals surface area contributed by atoms with Crippen molar-refractivity contribution in [3.05, 3.63) is 59.1 Å². The van der Waals surface area contributed by atoms with Gasteiger partial charge in [-0.2, -0.15) is 0 Å². The van der Waals surface area contributed by atoms with Gasteiger partial charge in [-0.3, -0.25) is 4.79 Å². The van der Waals surface area contributed by atoms with E-state index in [1.54, 1.807) is 18.4 Å². The van der Waals surface area contributed by atoms with Gasteiger partial charge in [0.05, 0.1) is 28.9 Å². The third-order valence-electron chi connectivity index (χ3n) is 3.69. The number of aryl methyl sites for hydroxylation is 1. The van der Waals surface area contributed by atoms with Gasteiger partial charge in [0.25, 0.3) is 0 Å². The molecule has 3 aromatic rings. The molecule has 0 fully saturated rings. The van der Waals surface area contributed by atoms with E-state index < -0.39 is 0 Å². The molecule has 0 amide bonds. The molecule has 124 valence electrons. The summed E-state index contributed by atoms with van der Waals surface area (Å²) in [6, 6.07) is 15.8. The van der Waals surface area contributed by atoms with Gasteiger partial charge in [-0.15, -0.1) is 11.3 Å². The minimum Gasteiger partial charge on any atom is -0.497 e. The monoisotopic (exact) mass is 341 g/mol. The Morgan fingerprint density at radius 1 is 1.08 bits per heavy atom. The molecular formula is C19H19NO3S.